The summed E-state index contributed by atoms with van der Waals surface area (Å²) in [5, 5.41) is 10.9. The monoisotopic (exact) mass is 444 g/mol. The molecular formula is C20H19Cl2F3N3O+. The number of fused-ring (bicyclic) bond motifs is 3. The highest BCUT2D eigenvalue weighted by atomic mass is 35.5. The van der Waals surface area contributed by atoms with Crippen molar-refractivity contribution in [3.8, 4) is 0 Å². The largest absolute Gasteiger partial charge is 0.419 e. The number of nitrogens with one attached hydrogen (secondary N) is 1. The predicted molar refractivity (Wildman–Crippen MR) is 107 cm³/mol. The molecular weight excluding hydrogens is 426 g/mol. The maximum atomic E-state index is 13.7. The second-order valence-electron chi connectivity index (χ2n) is 7.05. The SMILES string of the molecule is CCC(O)c1ccc(Cl)c2[nH]c3[n+](c12)CCCN3c1ccc(Cl)cc1C(F)(F)F. The van der Waals surface area contributed by atoms with E-state index < -0.39 is 17.8 Å². The van der Waals surface area contributed by atoms with Crippen molar-refractivity contribution in [2.45, 2.75) is 38.6 Å². The van der Waals surface area contributed by atoms with Gasteiger partial charge in [0, 0.05) is 17.0 Å². The van der Waals surface area contributed by atoms with E-state index in [1.54, 1.807) is 17.0 Å². The predicted octanol–water partition coefficient (Wildman–Crippen LogP) is 5.77. The number of H-pyrrole nitrogens is 1. The van der Waals surface area contributed by atoms with Gasteiger partial charge in [0.2, 0.25) is 0 Å². The summed E-state index contributed by atoms with van der Waals surface area (Å²) in [5.74, 6) is 0.497. The van der Waals surface area contributed by atoms with E-state index in [9.17, 15) is 18.3 Å². The second kappa shape index (κ2) is 7.38. The molecule has 154 valence electrons. The number of alkyl halides is 3. The van der Waals surface area contributed by atoms with Crippen LogP contribution in [0, 0.1) is 0 Å². The lowest BCUT2D eigenvalue weighted by Crippen LogP contribution is -2.46. The Morgan fingerprint density at radius 1 is 1.24 bits per heavy atom. The van der Waals surface area contributed by atoms with Gasteiger partial charge in [-0.15, -0.1) is 0 Å². The molecule has 9 heteroatoms. The zero-order chi connectivity index (χ0) is 20.9. The fourth-order valence-electron chi connectivity index (χ4n) is 3.90. The number of aliphatic hydroxyl groups excluding tert-OH is 1. The summed E-state index contributed by atoms with van der Waals surface area (Å²) in [7, 11) is 0. The number of aromatic nitrogens is 2. The van der Waals surface area contributed by atoms with Gasteiger partial charge in [0.1, 0.15) is 11.2 Å². The highest BCUT2D eigenvalue weighted by Crippen LogP contribution is 2.41. The summed E-state index contributed by atoms with van der Waals surface area (Å²) in [6.07, 6.45) is -4.09. The first-order chi connectivity index (χ1) is 13.7. The number of benzene rings is 2. The molecule has 1 aliphatic rings. The Bertz CT molecular complexity index is 1080. The number of anilines is 2. The number of aryl methyl sites for hydroxylation is 1. The number of halogens is 5. The molecule has 1 aromatic heterocycles. The Morgan fingerprint density at radius 3 is 2.69 bits per heavy atom. The summed E-state index contributed by atoms with van der Waals surface area (Å²) < 4.78 is 43.0. The molecule has 2 heterocycles. The molecule has 0 aliphatic carbocycles. The molecule has 2 N–H and O–H groups in total. The van der Waals surface area contributed by atoms with Gasteiger partial charge in [0.15, 0.2) is 5.52 Å². The molecule has 1 unspecified atom stereocenters. The van der Waals surface area contributed by atoms with E-state index in [0.29, 0.717) is 53.5 Å². The van der Waals surface area contributed by atoms with E-state index >= 15 is 0 Å². The van der Waals surface area contributed by atoms with Crippen molar-refractivity contribution >= 4 is 45.9 Å². The molecule has 1 atom stereocenters. The van der Waals surface area contributed by atoms with Gasteiger partial charge in [-0.1, -0.05) is 36.2 Å². The molecule has 0 saturated carbocycles. The first-order valence-corrected chi connectivity index (χ1v) is 10.0. The van der Waals surface area contributed by atoms with Crippen LogP contribution >= 0.6 is 23.2 Å². The minimum Gasteiger partial charge on any atom is -0.388 e. The quantitative estimate of drug-likeness (QED) is 0.503. The number of imidazole rings is 1. The van der Waals surface area contributed by atoms with Crippen LogP contribution in [0.1, 0.15) is 37.0 Å². The normalized spacial score (nSPS) is 15.6. The number of hydrogen-bond acceptors (Lipinski definition) is 2. The van der Waals surface area contributed by atoms with Gasteiger partial charge in [-0.05, 0) is 30.7 Å². The molecule has 0 bridgehead atoms. The highest BCUT2D eigenvalue weighted by Gasteiger charge is 2.40. The van der Waals surface area contributed by atoms with E-state index in [4.69, 9.17) is 23.2 Å². The number of aliphatic hydroxyl groups is 1. The molecule has 29 heavy (non-hydrogen) atoms. The van der Waals surface area contributed by atoms with E-state index in [1.807, 2.05) is 11.5 Å². The molecule has 0 saturated heterocycles. The average molecular weight is 445 g/mol. The molecule has 0 radical (unpaired) electrons. The van der Waals surface area contributed by atoms with Crippen LogP contribution < -0.4 is 9.47 Å². The number of rotatable bonds is 3. The highest BCUT2D eigenvalue weighted by molar-refractivity contribution is 6.35. The Hall–Kier alpha value is -1.96. The first kappa shape index (κ1) is 20.3. The molecule has 2 aromatic carbocycles. The minimum atomic E-state index is -4.55. The average Bonchev–Trinajstić information content (AvgIpc) is 3.08. The third-order valence-corrected chi connectivity index (χ3v) is 5.79. The molecule has 0 fully saturated rings. The van der Waals surface area contributed by atoms with Gasteiger partial charge in [0.25, 0.3) is 0 Å². The van der Waals surface area contributed by atoms with Crippen molar-refractivity contribution in [2.24, 2.45) is 0 Å². The van der Waals surface area contributed by atoms with Crippen molar-refractivity contribution in [1.82, 2.24) is 4.98 Å². The molecule has 1 aliphatic heterocycles. The topological polar surface area (TPSA) is 43.1 Å². The van der Waals surface area contributed by atoms with Crippen LogP contribution in [0.3, 0.4) is 0 Å². The van der Waals surface area contributed by atoms with Crippen LogP contribution in [0.15, 0.2) is 30.3 Å². The molecule has 3 aromatic rings. The van der Waals surface area contributed by atoms with E-state index in [0.717, 1.165) is 6.07 Å². The van der Waals surface area contributed by atoms with Gasteiger partial charge in [-0.3, -0.25) is 0 Å². The van der Waals surface area contributed by atoms with Crippen LogP contribution in [0.5, 0.6) is 0 Å². The Labute approximate surface area is 175 Å². The smallest absolute Gasteiger partial charge is 0.388 e. The van der Waals surface area contributed by atoms with Crippen molar-refractivity contribution < 1.29 is 22.8 Å². The molecule has 0 spiro atoms. The van der Waals surface area contributed by atoms with Gasteiger partial charge in [0.05, 0.1) is 29.8 Å². The van der Waals surface area contributed by atoms with Gasteiger partial charge in [-0.2, -0.15) is 13.2 Å². The van der Waals surface area contributed by atoms with Crippen LogP contribution in [-0.2, 0) is 12.7 Å². The molecule has 0 amide bonds. The van der Waals surface area contributed by atoms with Gasteiger partial charge < -0.3 is 5.11 Å². The van der Waals surface area contributed by atoms with Crippen LogP contribution in [0.2, 0.25) is 10.0 Å². The van der Waals surface area contributed by atoms with E-state index in [-0.39, 0.29) is 10.7 Å². The molecule has 4 nitrogen and oxygen atoms in total. The van der Waals surface area contributed by atoms with Gasteiger partial charge >= 0.3 is 12.1 Å². The third kappa shape index (κ3) is 3.45. The van der Waals surface area contributed by atoms with Crippen molar-refractivity contribution in [1.29, 1.82) is 0 Å². The summed E-state index contributed by atoms with van der Waals surface area (Å²) in [6.45, 7) is 2.87. The summed E-state index contributed by atoms with van der Waals surface area (Å²) in [5.41, 5.74) is 1.24. The number of aromatic amines is 1. The maximum Gasteiger partial charge on any atom is 0.419 e. The van der Waals surface area contributed by atoms with Crippen molar-refractivity contribution in [2.75, 3.05) is 11.4 Å². The Balaban J connectivity index is 1.96. The first-order valence-electron chi connectivity index (χ1n) is 9.28. The fraction of sp³-hybridized carbons (Fsp3) is 0.350. The minimum absolute atomic E-state index is 0.0237. The lowest BCUT2D eigenvalue weighted by atomic mass is 10.1. The second-order valence-corrected chi connectivity index (χ2v) is 7.89. The van der Waals surface area contributed by atoms with E-state index in [2.05, 4.69) is 4.98 Å². The lowest BCUT2D eigenvalue weighted by Gasteiger charge is -2.25. The van der Waals surface area contributed by atoms with Crippen LogP contribution in [0.25, 0.3) is 11.0 Å². The standard InChI is InChI=1S/C20H18Cl2F3N3O/c1-2-16(29)12-5-6-14(22)17-18(12)28-9-3-8-27(19(28)26-17)15-7-4-11(21)10-13(15)20(23,24)25/h4-7,10,16,29H,2-3,8-9H2,1H3/p+1. The fourth-order valence-corrected chi connectivity index (χ4v) is 4.27. The van der Waals surface area contributed by atoms with Crippen LogP contribution in [-0.4, -0.2) is 16.6 Å². The Kier molecular flexibility index (Phi) is 5.17. The Morgan fingerprint density at radius 2 is 2.00 bits per heavy atom. The van der Waals surface area contributed by atoms with Gasteiger partial charge in [-0.25, -0.2) is 14.5 Å². The van der Waals surface area contributed by atoms with Crippen LogP contribution in [0.4, 0.5) is 24.8 Å². The third-order valence-electron chi connectivity index (χ3n) is 5.24. The summed E-state index contributed by atoms with van der Waals surface area (Å²) >= 11 is 12.2. The zero-order valence-corrected chi connectivity index (χ0v) is 17.0. The number of nitrogens with zero attached hydrogens (tertiary/aromatic N) is 2. The van der Waals surface area contributed by atoms with Crippen molar-refractivity contribution in [3.05, 3.63) is 51.5 Å². The zero-order valence-electron chi connectivity index (χ0n) is 15.5. The lowest BCUT2D eigenvalue weighted by molar-refractivity contribution is -0.662. The maximum absolute atomic E-state index is 13.7. The van der Waals surface area contributed by atoms with Crippen molar-refractivity contribution in [3.63, 3.8) is 0 Å². The summed E-state index contributed by atoms with van der Waals surface area (Å²) in [6, 6.07) is 7.23. The van der Waals surface area contributed by atoms with E-state index in [1.165, 1.54) is 12.1 Å². The summed E-state index contributed by atoms with van der Waals surface area (Å²) in [4.78, 5) is 4.79. The number of hydrogen-bond donors (Lipinski definition) is 2. The molecule has 4 rings (SSSR count).